The van der Waals surface area contributed by atoms with Crippen molar-refractivity contribution in [3.8, 4) is 0 Å². The van der Waals surface area contributed by atoms with Gasteiger partial charge in [0.1, 0.15) is 12.9 Å². The molecule has 1 aromatic heterocycles. The number of carbonyl (C=O) groups excluding carboxylic acids is 1. The normalized spacial score (nSPS) is 25.5. The molecule has 7 nitrogen and oxygen atoms in total. The van der Waals surface area contributed by atoms with Crippen LogP contribution in [0.5, 0.6) is 0 Å². The van der Waals surface area contributed by atoms with Gasteiger partial charge in [0.25, 0.3) is 0 Å². The molecule has 1 N–H and O–H groups in total. The van der Waals surface area contributed by atoms with Crippen molar-refractivity contribution in [2.75, 3.05) is 6.61 Å². The molecule has 18 heavy (non-hydrogen) atoms. The van der Waals surface area contributed by atoms with E-state index in [0.717, 1.165) is 6.42 Å². The molecular formula is C11H19N5O2. The molecule has 2 atom stereocenters. The summed E-state index contributed by atoms with van der Waals surface area (Å²) >= 11 is 0. The average molecular weight is 253 g/mol. The van der Waals surface area contributed by atoms with E-state index in [1.807, 2.05) is 6.92 Å². The highest BCUT2D eigenvalue weighted by atomic mass is 16.5. The average Bonchev–Trinajstić information content (AvgIpc) is 2.80. The molecule has 0 radical (unpaired) electrons. The molecule has 2 rings (SSSR count). The van der Waals surface area contributed by atoms with Gasteiger partial charge < -0.3 is 10.1 Å². The Kier molecular flexibility index (Phi) is 3.60. The van der Waals surface area contributed by atoms with Crippen molar-refractivity contribution >= 4 is 5.91 Å². The fourth-order valence-corrected chi connectivity index (χ4v) is 2.25. The van der Waals surface area contributed by atoms with Crippen molar-refractivity contribution in [3.63, 3.8) is 0 Å². The molecule has 7 heteroatoms. The van der Waals surface area contributed by atoms with Crippen molar-refractivity contribution in [2.45, 2.75) is 45.9 Å². The van der Waals surface area contributed by atoms with Gasteiger partial charge in [-0.1, -0.05) is 13.8 Å². The van der Waals surface area contributed by atoms with Gasteiger partial charge in [-0.2, -0.15) is 0 Å². The number of ether oxygens (including phenoxy) is 1. The van der Waals surface area contributed by atoms with Crippen LogP contribution in [0.1, 0.15) is 27.2 Å². The van der Waals surface area contributed by atoms with E-state index in [1.54, 1.807) is 0 Å². The lowest BCUT2D eigenvalue weighted by Crippen LogP contribution is -2.62. The summed E-state index contributed by atoms with van der Waals surface area (Å²) in [7, 11) is 0. The number of nitrogens with zero attached hydrogens (tertiary/aromatic N) is 4. The molecule has 0 saturated heterocycles. The molecule has 1 aliphatic carbocycles. The first-order valence-corrected chi connectivity index (χ1v) is 6.15. The molecule has 1 saturated carbocycles. The fourth-order valence-electron chi connectivity index (χ4n) is 2.25. The van der Waals surface area contributed by atoms with Crippen LogP contribution in [0.15, 0.2) is 6.33 Å². The second-order valence-electron chi connectivity index (χ2n) is 5.13. The minimum atomic E-state index is -0.0738. The third-order valence-corrected chi connectivity index (χ3v) is 3.58. The zero-order valence-electron chi connectivity index (χ0n) is 11.0. The summed E-state index contributed by atoms with van der Waals surface area (Å²) in [6.45, 7) is 7.07. The molecule has 1 aromatic rings. The zero-order valence-corrected chi connectivity index (χ0v) is 11.0. The Morgan fingerprint density at radius 1 is 1.61 bits per heavy atom. The lowest BCUT2D eigenvalue weighted by atomic mass is 9.64. The van der Waals surface area contributed by atoms with Crippen LogP contribution < -0.4 is 5.32 Å². The second-order valence-corrected chi connectivity index (χ2v) is 5.13. The third-order valence-electron chi connectivity index (χ3n) is 3.58. The zero-order chi connectivity index (χ0) is 13.2. The Balaban J connectivity index is 1.82. The highest BCUT2D eigenvalue weighted by Gasteiger charge is 2.49. The molecule has 0 bridgehead atoms. The molecule has 1 amide bonds. The Morgan fingerprint density at radius 3 is 2.94 bits per heavy atom. The number of nitrogens with one attached hydrogen (secondary N) is 1. The molecule has 0 spiro atoms. The first-order valence-electron chi connectivity index (χ1n) is 6.15. The molecule has 1 fully saturated rings. The van der Waals surface area contributed by atoms with Crippen molar-refractivity contribution in [3.05, 3.63) is 6.33 Å². The van der Waals surface area contributed by atoms with Gasteiger partial charge in [-0.15, -0.1) is 5.10 Å². The Labute approximate surface area is 106 Å². The predicted molar refractivity (Wildman–Crippen MR) is 63.6 cm³/mol. The lowest BCUT2D eigenvalue weighted by molar-refractivity contribution is -0.137. The maximum atomic E-state index is 11.8. The van der Waals surface area contributed by atoms with E-state index in [1.165, 1.54) is 11.0 Å². The van der Waals surface area contributed by atoms with Gasteiger partial charge in [-0.05, 0) is 23.8 Å². The maximum Gasteiger partial charge on any atom is 0.242 e. The molecule has 0 aromatic carbocycles. The standard InChI is InChI=1S/C11H19N5O2/c1-4-18-9-5-8(11(9,2)3)13-10(17)6-16-7-12-14-15-16/h7-9H,4-6H2,1-3H3,(H,13,17)/t8-,9+/m1/s1. The predicted octanol–water partition coefficient (Wildman–Crippen LogP) is -0.00710. The van der Waals surface area contributed by atoms with E-state index in [9.17, 15) is 4.79 Å². The van der Waals surface area contributed by atoms with E-state index in [4.69, 9.17) is 4.74 Å². The quantitative estimate of drug-likeness (QED) is 0.798. The van der Waals surface area contributed by atoms with Crippen LogP contribution in [0.2, 0.25) is 0 Å². The van der Waals surface area contributed by atoms with Gasteiger partial charge >= 0.3 is 0 Å². The molecule has 100 valence electrons. The summed E-state index contributed by atoms with van der Waals surface area (Å²) < 4.78 is 7.03. The first kappa shape index (κ1) is 12.9. The Morgan fingerprint density at radius 2 is 2.39 bits per heavy atom. The van der Waals surface area contributed by atoms with Gasteiger partial charge in [0.15, 0.2) is 0 Å². The van der Waals surface area contributed by atoms with E-state index >= 15 is 0 Å². The number of aromatic nitrogens is 4. The van der Waals surface area contributed by atoms with E-state index < -0.39 is 0 Å². The minimum Gasteiger partial charge on any atom is -0.378 e. The van der Waals surface area contributed by atoms with Crippen LogP contribution in [0, 0.1) is 5.41 Å². The summed E-state index contributed by atoms with van der Waals surface area (Å²) in [5, 5.41) is 13.6. The molecule has 1 aliphatic rings. The van der Waals surface area contributed by atoms with Gasteiger partial charge in [-0.3, -0.25) is 4.79 Å². The van der Waals surface area contributed by atoms with Gasteiger partial charge in [0, 0.05) is 18.1 Å². The first-order chi connectivity index (χ1) is 8.54. The summed E-state index contributed by atoms with van der Waals surface area (Å²) in [4.78, 5) is 11.8. The summed E-state index contributed by atoms with van der Waals surface area (Å²) in [6, 6.07) is 0.151. The van der Waals surface area contributed by atoms with Crippen molar-refractivity contribution in [1.29, 1.82) is 0 Å². The summed E-state index contributed by atoms with van der Waals surface area (Å²) in [6.07, 6.45) is 2.51. The maximum absolute atomic E-state index is 11.8. The molecule has 0 unspecified atom stereocenters. The van der Waals surface area contributed by atoms with Gasteiger partial charge in [0.2, 0.25) is 5.91 Å². The fraction of sp³-hybridized carbons (Fsp3) is 0.818. The van der Waals surface area contributed by atoms with Gasteiger partial charge in [-0.25, -0.2) is 4.68 Å². The van der Waals surface area contributed by atoms with Crippen LogP contribution in [-0.2, 0) is 16.1 Å². The van der Waals surface area contributed by atoms with Crippen LogP contribution in [-0.4, -0.2) is 44.9 Å². The minimum absolute atomic E-state index is 0.0215. The van der Waals surface area contributed by atoms with Crippen molar-refractivity contribution in [1.82, 2.24) is 25.5 Å². The number of rotatable bonds is 5. The Bertz CT molecular complexity index is 404. The van der Waals surface area contributed by atoms with E-state index in [-0.39, 0.29) is 30.0 Å². The Hall–Kier alpha value is -1.50. The van der Waals surface area contributed by atoms with Crippen LogP contribution in [0.4, 0.5) is 0 Å². The monoisotopic (exact) mass is 253 g/mol. The molecular weight excluding hydrogens is 234 g/mol. The second kappa shape index (κ2) is 5.01. The number of amides is 1. The number of hydrogen-bond acceptors (Lipinski definition) is 5. The molecule has 1 heterocycles. The smallest absolute Gasteiger partial charge is 0.242 e. The number of carbonyl (C=O) groups is 1. The van der Waals surface area contributed by atoms with Crippen LogP contribution in [0.3, 0.4) is 0 Å². The summed E-state index contributed by atoms with van der Waals surface area (Å²) in [5.41, 5.74) is -0.0215. The topological polar surface area (TPSA) is 81.9 Å². The number of tetrazole rings is 1. The highest BCUT2D eigenvalue weighted by molar-refractivity contribution is 5.76. The van der Waals surface area contributed by atoms with Gasteiger partial charge in [0.05, 0.1) is 6.10 Å². The summed E-state index contributed by atoms with van der Waals surface area (Å²) in [5.74, 6) is -0.0738. The number of hydrogen-bond donors (Lipinski definition) is 1. The SMILES string of the molecule is CCO[C@H]1C[C@@H](NC(=O)Cn2cnnn2)C1(C)C. The largest absolute Gasteiger partial charge is 0.378 e. The molecule has 0 aliphatic heterocycles. The van der Waals surface area contributed by atoms with Crippen molar-refractivity contribution in [2.24, 2.45) is 5.41 Å². The highest BCUT2D eigenvalue weighted by Crippen LogP contribution is 2.42. The lowest BCUT2D eigenvalue weighted by Gasteiger charge is -2.51. The van der Waals surface area contributed by atoms with Crippen LogP contribution >= 0.6 is 0 Å². The van der Waals surface area contributed by atoms with Crippen molar-refractivity contribution < 1.29 is 9.53 Å². The third kappa shape index (κ3) is 2.50. The van der Waals surface area contributed by atoms with Crippen LogP contribution in [0.25, 0.3) is 0 Å². The van der Waals surface area contributed by atoms with E-state index in [0.29, 0.717) is 6.61 Å². The van der Waals surface area contributed by atoms with E-state index in [2.05, 4.69) is 34.7 Å².